The van der Waals surface area contributed by atoms with Gasteiger partial charge in [-0.15, -0.1) is 0 Å². The fraction of sp³-hybridized carbons (Fsp3) is 0. The van der Waals surface area contributed by atoms with Gasteiger partial charge in [-0.3, -0.25) is 10.1 Å². The van der Waals surface area contributed by atoms with Crippen molar-refractivity contribution in [1.82, 2.24) is 9.13 Å². The number of hydrogen-bond donors (Lipinski definition) is 0. The monoisotopic (exact) mass is 772 g/mol. The molecule has 0 aliphatic rings. The number of anilines is 3. The molecule has 0 saturated carbocycles. The number of nitro groups is 1. The molecule has 284 valence electrons. The minimum absolute atomic E-state index is 0.0684. The molecule has 6 nitrogen and oxygen atoms in total. The molecule has 0 fully saturated rings. The molecule has 2 heterocycles. The first-order chi connectivity index (χ1) is 29.6. The molecule has 9 aromatic carbocycles. The zero-order valence-electron chi connectivity index (χ0n) is 32.4. The number of nitro benzene ring substituents is 1. The van der Waals surface area contributed by atoms with Crippen LogP contribution >= 0.6 is 0 Å². The summed E-state index contributed by atoms with van der Waals surface area (Å²) in [6.07, 6.45) is 0. The summed E-state index contributed by atoms with van der Waals surface area (Å²) in [7, 11) is 0. The molecular weight excluding hydrogens is 737 g/mol. The normalized spacial score (nSPS) is 11.5. The number of fused-ring (bicyclic) bond motifs is 6. The molecule has 0 saturated heterocycles. The van der Waals surface area contributed by atoms with Crippen LogP contribution in [0.5, 0.6) is 0 Å². The number of hydrogen-bond acceptors (Lipinski definition) is 3. The van der Waals surface area contributed by atoms with Gasteiger partial charge in [0.15, 0.2) is 0 Å². The van der Waals surface area contributed by atoms with Gasteiger partial charge in [0.25, 0.3) is 5.69 Å². The van der Waals surface area contributed by atoms with Gasteiger partial charge >= 0.3 is 0 Å². The minimum Gasteiger partial charge on any atom is -0.311 e. The van der Waals surface area contributed by atoms with Crippen molar-refractivity contribution >= 4 is 66.4 Å². The van der Waals surface area contributed by atoms with Crippen LogP contribution in [-0.2, 0) is 0 Å². The predicted octanol–water partition coefficient (Wildman–Crippen LogP) is 14.6. The van der Waals surface area contributed by atoms with Crippen molar-refractivity contribution in [2.45, 2.75) is 0 Å². The van der Waals surface area contributed by atoms with Gasteiger partial charge < -0.3 is 14.0 Å². The van der Waals surface area contributed by atoms with Crippen LogP contribution in [0.25, 0.3) is 77.2 Å². The molecule has 60 heavy (non-hydrogen) atoms. The molecule has 0 amide bonds. The van der Waals surface area contributed by atoms with Crippen LogP contribution in [0.1, 0.15) is 0 Å². The average molecular weight is 773 g/mol. The highest BCUT2D eigenvalue weighted by Crippen LogP contribution is 2.40. The van der Waals surface area contributed by atoms with Gasteiger partial charge in [0, 0.05) is 56.4 Å². The lowest BCUT2D eigenvalue weighted by Crippen LogP contribution is -2.09. The molecule has 0 atom stereocenters. The molecule has 11 rings (SSSR count). The molecule has 0 unspecified atom stereocenters. The number of nitrogens with zero attached hydrogens (tertiary/aromatic N) is 4. The highest BCUT2D eigenvalue weighted by molar-refractivity contribution is 6.12. The Hall–Kier alpha value is -8.22. The second kappa shape index (κ2) is 14.3. The van der Waals surface area contributed by atoms with E-state index >= 15 is 0 Å². The summed E-state index contributed by atoms with van der Waals surface area (Å²) >= 11 is 0. The summed E-state index contributed by atoms with van der Waals surface area (Å²) in [5, 5.41) is 16.2. The third-order valence-electron chi connectivity index (χ3n) is 11.6. The van der Waals surface area contributed by atoms with Gasteiger partial charge in [-0.05, 0) is 113 Å². The third kappa shape index (κ3) is 5.89. The van der Waals surface area contributed by atoms with Gasteiger partial charge in [0.2, 0.25) is 0 Å². The average Bonchev–Trinajstić information content (AvgIpc) is 3.82. The van der Waals surface area contributed by atoms with E-state index in [1.807, 2.05) is 30.3 Å². The van der Waals surface area contributed by atoms with Crippen molar-refractivity contribution in [3.8, 4) is 33.6 Å². The van der Waals surface area contributed by atoms with Crippen LogP contribution in [0.4, 0.5) is 22.7 Å². The highest BCUT2D eigenvalue weighted by atomic mass is 16.6. The first kappa shape index (κ1) is 35.0. The molecule has 11 aromatic rings. The van der Waals surface area contributed by atoms with Crippen molar-refractivity contribution < 1.29 is 4.92 Å². The summed E-state index contributed by atoms with van der Waals surface area (Å²) in [6.45, 7) is 0. The van der Waals surface area contributed by atoms with Crippen LogP contribution in [0.2, 0.25) is 0 Å². The van der Waals surface area contributed by atoms with Gasteiger partial charge in [-0.25, -0.2) is 0 Å². The molecule has 0 N–H and O–H groups in total. The standard InChI is InChI=1S/C54H36N4O2/c59-58(60)46-17-11-16-45(36-46)57-52-21-10-8-19-48(52)50-35-40(27-33-54(50)57)39-26-32-53-49(34-39)47-18-7-9-20-51(47)56(53)44-30-24-38(25-31-44)37-22-28-43(29-23-37)55(41-12-3-1-4-13-41)42-14-5-2-6-15-42/h1-36H. The molecule has 0 spiro atoms. The first-order valence-corrected chi connectivity index (χ1v) is 20.0. The Bertz CT molecular complexity index is 3350. The van der Waals surface area contributed by atoms with E-state index in [-0.39, 0.29) is 10.6 Å². The molecule has 0 aliphatic carbocycles. The van der Waals surface area contributed by atoms with Gasteiger partial charge in [-0.2, -0.15) is 0 Å². The van der Waals surface area contributed by atoms with E-state index in [0.717, 1.165) is 83.5 Å². The van der Waals surface area contributed by atoms with E-state index in [1.165, 1.54) is 16.8 Å². The Labute approximate surface area is 346 Å². The summed E-state index contributed by atoms with van der Waals surface area (Å²) < 4.78 is 4.47. The maximum atomic E-state index is 11.7. The maximum absolute atomic E-state index is 11.7. The Morgan fingerprint density at radius 1 is 0.350 bits per heavy atom. The number of para-hydroxylation sites is 4. The Morgan fingerprint density at radius 3 is 1.32 bits per heavy atom. The van der Waals surface area contributed by atoms with E-state index < -0.39 is 0 Å². The summed E-state index contributed by atoms with van der Waals surface area (Å²) in [5.41, 5.74) is 14.1. The minimum atomic E-state index is -0.343. The second-order valence-electron chi connectivity index (χ2n) is 15.0. The largest absolute Gasteiger partial charge is 0.311 e. The summed E-state index contributed by atoms with van der Waals surface area (Å²) in [5.74, 6) is 0. The van der Waals surface area contributed by atoms with Crippen LogP contribution in [-0.4, -0.2) is 14.1 Å². The van der Waals surface area contributed by atoms with Crippen LogP contribution < -0.4 is 4.90 Å². The predicted molar refractivity (Wildman–Crippen MR) is 247 cm³/mol. The molecule has 0 bridgehead atoms. The smallest absolute Gasteiger partial charge is 0.271 e. The van der Waals surface area contributed by atoms with E-state index in [2.05, 4.69) is 184 Å². The van der Waals surface area contributed by atoms with Crippen LogP contribution in [0, 0.1) is 10.1 Å². The fourth-order valence-corrected chi connectivity index (χ4v) is 8.81. The van der Waals surface area contributed by atoms with Gasteiger partial charge in [0.05, 0.1) is 32.7 Å². The SMILES string of the molecule is O=[N+]([O-])c1cccc(-n2c3ccccc3c3cc(-c4ccc5c(c4)c4ccccc4n5-c4ccc(-c5ccc(N(c6ccccc6)c6ccccc6)cc5)cc4)ccc32)c1. The maximum Gasteiger partial charge on any atom is 0.271 e. The fourth-order valence-electron chi connectivity index (χ4n) is 8.81. The number of rotatable bonds is 8. The van der Waals surface area contributed by atoms with Crippen molar-refractivity contribution in [3.63, 3.8) is 0 Å². The van der Waals surface area contributed by atoms with Crippen molar-refractivity contribution in [1.29, 1.82) is 0 Å². The van der Waals surface area contributed by atoms with Crippen molar-refractivity contribution in [3.05, 3.63) is 229 Å². The molecular formula is C54H36N4O2. The summed E-state index contributed by atoms with van der Waals surface area (Å²) in [4.78, 5) is 13.6. The van der Waals surface area contributed by atoms with E-state index in [4.69, 9.17) is 0 Å². The van der Waals surface area contributed by atoms with Crippen molar-refractivity contribution in [2.24, 2.45) is 0 Å². The quantitative estimate of drug-likeness (QED) is 0.114. The van der Waals surface area contributed by atoms with E-state index in [9.17, 15) is 10.1 Å². The zero-order chi connectivity index (χ0) is 40.2. The molecule has 2 aromatic heterocycles. The number of benzene rings is 9. The van der Waals surface area contributed by atoms with Gasteiger partial charge in [0.1, 0.15) is 0 Å². The topological polar surface area (TPSA) is 56.2 Å². The van der Waals surface area contributed by atoms with Crippen LogP contribution in [0.15, 0.2) is 218 Å². The molecule has 6 heteroatoms. The lowest BCUT2D eigenvalue weighted by Gasteiger charge is -2.25. The molecule has 0 aliphatic heterocycles. The highest BCUT2D eigenvalue weighted by Gasteiger charge is 2.18. The Morgan fingerprint density at radius 2 is 0.783 bits per heavy atom. The van der Waals surface area contributed by atoms with Crippen LogP contribution in [0.3, 0.4) is 0 Å². The lowest BCUT2D eigenvalue weighted by molar-refractivity contribution is -0.384. The van der Waals surface area contributed by atoms with Crippen molar-refractivity contribution in [2.75, 3.05) is 4.90 Å². The number of aromatic nitrogens is 2. The zero-order valence-corrected chi connectivity index (χ0v) is 32.4. The third-order valence-corrected chi connectivity index (χ3v) is 11.6. The Balaban J connectivity index is 0.948. The number of non-ortho nitro benzene ring substituents is 1. The van der Waals surface area contributed by atoms with E-state index in [0.29, 0.717) is 0 Å². The Kier molecular flexibility index (Phi) is 8.34. The summed E-state index contributed by atoms with van der Waals surface area (Å²) in [6, 6.07) is 75.6. The molecule has 0 radical (unpaired) electrons. The van der Waals surface area contributed by atoms with Gasteiger partial charge in [-0.1, -0.05) is 115 Å². The second-order valence-corrected chi connectivity index (χ2v) is 15.0. The lowest BCUT2D eigenvalue weighted by atomic mass is 10.0. The first-order valence-electron chi connectivity index (χ1n) is 20.0. The van der Waals surface area contributed by atoms with E-state index in [1.54, 1.807) is 12.1 Å².